The molecular weight excluding hydrogens is 548 g/mol. The van der Waals surface area contributed by atoms with Crippen LogP contribution in [0.2, 0.25) is 0 Å². The van der Waals surface area contributed by atoms with Gasteiger partial charge in [-0.3, -0.25) is 9.59 Å². The first kappa shape index (κ1) is 30.6. The van der Waals surface area contributed by atoms with Crippen LogP contribution in [0.1, 0.15) is 34.5 Å². The van der Waals surface area contributed by atoms with Crippen molar-refractivity contribution in [1.29, 1.82) is 0 Å². The number of rotatable bonds is 12. The smallest absolute Gasteiger partial charge is 0.407 e. The molecule has 222 valence electrons. The molecule has 10 nitrogen and oxygen atoms in total. The first-order valence-corrected chi connectivity index (χ1v) is 13.8. The van der Waals surface area contributed by atoms with E-state index in [2.05, 4.69) is 20.7 Å². The van der Waals surface area contributed by atoms with Crippen LogP contribution in [0.4, 0.5) is 10.5 Å². The molecule has 1 atom stereocenters. The van der Waals surface area contributed by atoms with Crippen LogP contribution in [0.3, 0.4) is 0 Å². The molecule has 3 N–H and O–H groups in total. The molecule has 3 aromatic carbocycles. The molecule has 0 bridgehead atoms. The highest BCUT2D eigenvalue weighted by atomic mass is 16.5. The second-order valence-corrected chi connectivity index (χ2v) is 9.74. The molecule has 3 amide bonds. The summed E-state index contributed by atoms with van der Waals surface area (Å²) in [7, 11) is 3.07. The van der Waals surface area contributed by atoms with Crippen molar-refractivity contribution in [1.82, 2.24) is 15.2 Å². The third kappa shape index (κ3) is 8.56. The van der Waals surface area contributed by atoms with Crippen molar-refractivity contribution >= 4 is 46.5 Å². The number of carbonyl (C=O) groups is 4. The average molecular weight is 583 g/mol. The Morgan fingerprint density at radius 2 is 1.65 bits per heavy atom. The number of aryl methyl sites for hydroxylation is 1. The largest absolute Gasteiger partial charge is 0.466 e. The highest BCUT2D eigenvalue weighted by Crippen LogP contribution is 2.20. The lowest BCUT2D eigenvalue weighted by Crippen LogP contribution is -2.44. The standard InChI is InChI=1S/C33H34N4O6/c1-37-28-17-9-7-14-25(28)21-29(37)32(40)36-27(16-10-20-34-33(41)43-22-23-11-4-3-5-12-23)31(39)35-26-15-8-6-13-24(26)18-19-30(38)42-2/h3-9,11-15,17-19,21,27H,10,16,20,22H2,1-2H3,(H,34,41)(H,35,39)(H,36,40)/t27-/m0/s1. The number of aromatic nitrogens is 1. The number of benzene rings is 3. The molecule has 0 spiro atoms. The van der Waals surface area contributed by atoms with Crippen molar-refractivity contribution in [3.63, 3.8) is 0 Å². The minimum atomic E-state index is -0.926. The summed E-state index contributed by atoms with van der Waals surface area (Å²) >= 11 is 0. The molecule has 43 heavy (non-hydrogen) atoms. The maximum Gasteiger partial charge on any atom is 0.407 e. The fourth-order valence-electron chi connectivity index (χ4n) is 4.48. The number of amides is 3. The van der Waals surface area contributed by atoms with E-state index in [1.54, 1.807) is 41.9 Å². The number of fused-ring (bicyclic) bond motifs is 1. The number of alkyl carbamates (subject to hydrolysis) is 1. The third-order valence-corrected chi connectivity index (χ3v) is 6.78. The molecule has 4 aromatic rings. The molecule has 4 rings (SSSR count). The van der Waals surface area contributed by atoms with Crippen molar-refractivity contribution in [3.8, 4) is 0 Å². The number of ether oxygens (including phenoxy) is 2. The van der Waals surface area contributed by atoms with Crippen LogP contribution in [0.15, 0.2) is 91.0 Å². The van der Waals surface area contributed by atoms with Gasteiger partial charge < -0.3 is 30.0 Å². The van der Waals surface area contributed by atoms with Crippen LogP contribution < -0.4 is 16.0 Å². The van der Waals surface area contributed by atoms with E-state index in [1.165, 1.54) is 19.3 Å². The summed E-state index contributed by atoms with van der Waals surface area (Å²) in [4.78, 5) is 50.7. The Balaban J connectivity index is 1.43. The summed E-state index contributed by atoms with van der Waals surface area (Å²) in [6.07, 6.45) is 2.84. The van der Waals surface area contributed by atoms with E-state index >= 15 is 0 Å². The summed E-state index contributed by atoms with van der Waals surface area (Å²) in [5, 5.41) is 9.32. The van der Waals surface area contributed by atoms with Gasteiger partial charge >= 0.3 is 12.1 Å². The number of hydrogen-bond donors (Lipinski definition) is 3. The first-order valence-electron chi connectivity index (χ1n) is 13.8. The van der Waals surface area contributed by atoms with E-state index in [1.807, 2.05) is 54.6 Å². The van der Waals surface area contributed by atoms with Gasteiger partial charge in [0.2, 0.25) is 5.91 Å². The van der Waals surface area contributed by atoms with Gasteiger partial charge in [-0.15, -0.1) is 0 Å². The molecule has 0 aliphatic rings. The Morgan fingerprint density at radius 3 is 2.42 bits per heavy atom. The van der Waals surface area contributed by atoms with E-state index in [4.69, 9.17) is 4.74 Å². The molecule has 0 fully saturated rings. The van der Waals surface area contributed by atoms with Gasteiger partial charge in [0.15, 0.2) is 0 Å². The van der Waals surface area contributed by atoms with Crippen LogP contribution in [0.25, 0.3) is 17.0 Å². The quantitative estimate of drug-likeness (QED) is 0.125. The monoisotopic (exact) mass is 582 g/mol. The molecule has 1 heterocycles. The molecular formula is C33H34N4O6. The van der Waals surface area contributed by atoms with E-state index in [0.717, 1.165) is 16.5 Å². The number of para-hydroxylation sites is 2. The lowest BCUT2D eigenvalue weighted by Gasteiger charge is -2.20. The zero-order valence-electron chi connectivity index (χ0n) is 24.0. The van der Waals surface area contributed by atoms with Gasteiger partial charge in [0.1, 0.15) is 18.3 Å². The van der Waals surface area contributed by atoms with Crippen LogP contribution >= 0.6 is 0 Å². The molecule has 0 radical (unpaired) electrons. The Morgan fingerprint density at radius 1 is 0.930 bits per heavy atom. The van der Waals surface area contributed by atoms with Crippen molar-refractivity contribution in [3.05, 3.63) is 108 Å². The second kappa shape index (κ2) is 15.0. The highest BCUT2D eigenvalue weighted by molar-refractivity contribution is 6.03. The van der Waals surface area contributed by atoms with E-state index in [9.17, 15) is 19.2 Å². The number of esters is 1. The predicted octanol–water partition coefficient (Wildman–Crippen LogP) is 4.81. The molecule has 0 saturated heterocycles. The number of hydrogen-bond acceptors (Lipinski definition) is 6. The number of anilines is 1. The van der Waals surface area contributed by atoms with Crippen LogP contribution in [0, 0.1) is 0 Å². The first-order chi connectivity index (χ1) is 20.9. The van der Waals surface area contributed by atoms with Crippen molar-refractivity contribution in [2.45, 2.75) is 25.5 Å². The lowest BCUT2D eigenvalue weighted by atomic mass is 10.1. The van der Waals surface area contributed by atoms with Crippen molar-refractivity contribution < 1.29 is 28.7 Å². The molecule has 0 unspecified atom stereocenters. The maximum atomic E-state index is 13.5. The van der Waals surface area contributed by atoms with Gasteiger partial charge in [-0.2, -0.15) is 0 Å². The predicted molar refractivity (Wildman–Crippen MR) is 164 cm³/mol. The lowest BCUT2D eigenvalue weighted by molar-refractivity contribution is -0.134. The summed E-state index contributed by atoms with van der Waals surface area (Å²) in [5.74, 6) is -1.39. The maximum absolute atomic E-state index is 13.5. The van der Waals surface area contributed by atoms with Gasteiger partial charge in [0, 0.05) is 36.3 Å². The van der Waals surface area contributed by atoms with Crippen LogP contribution in [0.5, 0.6) is 0 Å². The molecule has 0 aliphatic carbocycles. The third-order valence-electron chi connectivity index (χ3n) is 6.78. The SMILES string of the molecule is COC(=O)C=Cc1ccccc1NC(=O)[C@H](CCCNC(=O)OCc1ccccc1)NC(=O)c1cc2ccccc2n1C. The van der Waals surface area contributed by atoms with E-state index in [-0.39, 0.29) is 19.6 Å². The zero-order chi connectivity index (χ0) is 30.6. The number of nitrogens with zero attached hydrogens (tertiary/aromatic N) is 1. The molecule has 0 aliphatic heterocycles. The Labute approximate surface area is 249 Å². The molecule has 10 heteroatoms. The summed E-state index contributed by atoms with van der Waals surface area (Å²) in [6, 6.07) is 24.7. The highest BCUT2D eigenvalue weighted by Gasteiger charge is 2.24. The van der Waals surface area contributed by atoms with Gasteiger partial charge in [0.05, 0.1) is 7.11 Å². The fraction of sp³-hybridized carbons (Fsp3) is 0.212. The van der Waals surface area contributed by atoms with Crippen LogP contribution in [-0.2, 0) is 32.7 Å². The van der Waals surface area contributed by atoms with Crippen molar-refractivity contribution in [2.75, 3.05) is 19.0 Å². The van der Waals surface area contributed by atoms with Gasteiger partial charge in [0.25, 0.3) is 5.91 Å². The average Bonchev–Trinajstić information content (AvgIpc) is 3.37. The van der Waals surface area contributed by atoms with Crippen LogP contribution in [-0.4, -0.2) is 48.1 Å². The zero-order valence-corrected chi connectivity index (χ0v) is 24.0. The topological polar surface area (TPSA) is 128 Å². The Bertz CT molecular complexity index is 1610. The molecule has 1 aromatic heterocycles. The number of nitrogens with one attached hydrogen (secondary N) is 3. The molecule has 0 saturated carbocycles. The number of methoxy groups -OCH3 is 1. The number of carbonyl (C=O) groups excluding carboxylic acids is 4. The Kier molecular flexibility index (Phi) is 10.7. The van der Waals surface area contributed by atoms with Crippen molar-refractivity contribution in [2.24, 2.45) is 7.05 Å². The summed E-state index contributed by atoms with van der Waals surface area (Å²) in [6.45, 7) is 0.377. The summed E-state index contributed by atoms with van der Waals surface area (Å²) in [5.41, 5.74) is 3.20. The second-order valence-electron chi connectivity index (χ2n) is 9.74. The minimum absolute atomic E-state index is 0.141. The minimum Gasteiger partial charge on any atom is -0.466 e. The Hall–Kier alpha value is -5.38. The summed E-state index contributed by atoms with van der Waals surface area (Å²) < 4.78 is 11.7. The van der Waals surface area contributed by atoms with Gasteiger partial charge in [-0.25, -0.2) is 9.59 Å². The normalized spacial score (nSPS) is 11.6. The van der Waals surface area contributed by atoms with Gasteiger partial charge in [-0.05, 0) is 48.2 Å². The van der Waals surface area contributed by atoms with Gasteiger partial charge in [-0.1, -0.05) is 66.7 Å². The van der Waals surface area contributed by atoms with E-state index in [0.29, 0.717) is 23.4 Å². The fourth-order valence-corrected chi connectivity index (χ4v) is 4.48. The van der Waals surface area contributed by atoms with E-state index < -0.39 is 29.9 Å².